The Labute approximate surface area is 112 Å². The van der Waals surface area contributed by atoms with E-state index in [9.17, 15) is 0 Å². The minimum atomic E-state index is 0.173. The molecule has 1 nitrogen and oxygen atoms in total. The van der Waals surface area contributed by atoms with Crippen LogP contribution in [0, 0.1) is 22.7 Å². The maximum atomic E-state index is 5.97. The summed E-state index contributed by atoms with van der Waals surface area (Å²) in [6.45, 7) is 17.0. The molecule has 0 aromatic carbocycles. The number of hydrogen-bond donors (Lipinski definition) is 0. The lowest BCUT2D eigenvalue weighted by molar-refractivity contribution is 0.0805. The largest absolute Gasteiger partial charge is 0.366 e. The molecule has 0 spiro atoms. The fourth-order valence-corrected chi connectivity index (χ4v) is 4.54. The van der Waals surface area contributed by atoms with Gasteiger partial charge in [-0.15, -0.1) is 0 Å². The molecule has 1 saturated heterocycles. The first-order valence-electron chi connectivity index (χ1n) is 7.51. The molecular formula is C17H28O. The zero-order chi connectivity index (χ0) is 13.5. The summed E-state index contributed by atoms with van der Waals surface area (Å²) in [4.78, 5) is 0. The Bertz CT molecular complexity index is 429. The van der Waals surface area contributed by atoms with E-state index in [0.29, 0.717) is 16.9 Å². The van der Waals surface area contributed by atoms with Crippen LogP contribution in [0.5, 0.6) is 0 Å². The highest BCUT2D eigenvalue weighted by molar-refractivity contribution is 5.38. The molecule has 3 rings (SSSR count). The van der Waals surface area contributed by atoms with Gasteiger partial charge in [0.05, 0.1) is 11.7 Å². The zero-order valence-electron chi connectivity index (χ0n) is 13.1. The van der Waals surface area contributed by atoms with Gasteiger partial charge in [-0.2, -0.15) is 0 Å². The van der Waals surface area contributed by atoms with Crippen molar-refractivity contribution in [2.75, 3.05) is 0 Å². The first-order valence-corrected chi connectivity index (χ1v) is 7.51. The van der Waals surface area contributed by atoms with E-state index in [-0.39, 0.29) is 5.60 Å². The van der Waals surface area contributed by atoms with Crippen LogP contribution in [-0.4, -0.2) is 11.7 Å². The van der Waals surface area contributed by atoms with Crippen LogP contribution in [0.1, 0.15) is 61.3 Å². The quantitative estimate of drug-likeness (QED) is 0.452. The fourth-order valence-electron chi connectivity index (χ4n) is 4.54. The Kier molecular flexibility index (Phi) is 2.28. The molecule has 2 aliphatic carbocycles. The third kappa shape index (κ3) is 1.37. The SMILES string of the molecule is CC1C(C)C(C)(C)C2=C(CC3OC3(C)C2)C1(C)C. The van der Waals surface area contributed by atoms with Crippen LogP contribution in [-0.2, 0) is 4.74 Å². The second-order valence-corrected chi connectivity index (χ2v) is 8.28. The Morgan fingerprint density at radius 1 is 0.889 bits per heavy atom. The summed E-state index contributed by atoms with van der Waals surface area (Å²) in [5.41, 5.74) is 4.29. The van der Waals surface area contributed by atoms with E-state index in [1.807, 2.05) is 0 Å². The van der Waals surface area contributed by atoms with Crippen molar-refractivity contribution in [2.24, 2.45) is 22.7 Å². The monoisotopic (exact) mass is 248 g/mol. The molecule has 3 aliphatic rings. The summed E-state index contributed by atoms with van der Waals surface area (Å²) in [5, 5.41) is 0. The Hall–Kier alpha value is -0.300. The van der Waals surface area contributed by atoms with Crippen molar-refractivity contribution in [3.05, 3.63) is 11.1 Å². The van der Waals surface area contributed by atoms with Crippen LogP contribution in [0.15, 0.2) is 11.1 Å². The maximum absolute atomic E-state index is 5.97. The lowest BCUT2D eigenvalue weighted by Crippen LogP contribution is -2.46. The minimum absolute atomic E-state index is 0.173. The molecule has 0 N–H and O–H groups in total. The lowest BCUT2D eigenvalue weighted by atomic mass is 9.50. The smallest absolute Gasteiger partial charge is 0.0960 e. The molecule has 4 atom stereocenters. The van der Waals surface area contributed by atoms with Crippen molar-refractivity contribution in [3.8, 4) is 0 Å². The van der Waals surface area contributed by atoms with Crippen molar-refractivity contribution >= 4 is 0 Å². The van der Waals surface area contributed by atoms with Crippen molar-refractivity contribution < 1.29 is 4.74 Å². The van der Waals surface area contributed by atoms with Gasteiger partial charge in [-0.05, 0) is 36.0 Å². The molecule has 0 radical (unpaired) electrons. The van der Waals surface area contributed by atoms with Gasteiger partial charge in [-0.1, -0.05) is 52.7 Å². The molecule has 0 amide bonds. The standard InChI is InChI=1S/C17H28O/c1-10-11(2)16(5,6)13-9-17(7)14(18-17)8-12(13)15(10,3)4/h10-11,14H,8-9H2,1-7H3. The molecule has 18 heavy (non-hydrogen) atoms. The van der Waals surface area contributed by atoms with Crippen molar-refractivity contribution in [1.29, 1.82) is 0 Å². The molecule has 1 heterocycles. The van der Waals surface area contributed by atoms with Gasteiger partial charge in [0.1, 0.15) is 0 Å². The lowest BCUT2D eigenvalue weighted by Gasteiger charge is -2.54. The van der Waals surface area contributed by atoms with Gasteiger partial charge < -0.3 is 4.74 Å². The zero-order valence-corrected chi connectivity index (χ0v) is 13.1. The summed E-state index contributed by atoms with van der Waals surface area (Å²) in [6, 6.07) is 0. The number of fused-ring (bicyclic) bond motifs is 1. The molecular weight excluding hydrogens is 220 g/mol. The minimum Gasteiger partial charge on any atom is -0.366 e. The van der Waals surface area contributed by atoms with Crippen LogP contribution in [0.25, 0.3) is 0 Å². The highest BCUT2D eigenvalue weighted by Crippen LogP contribution is 2.63. The third-order valence-corrected chi connectivity index (χ3v) is 6.90. The first-order chi connectivity index (χ1) is 8.10. The van der Waals surface area contributed by atoms with E-state index < -0.39 is 0 Å². The van der Waals surface area contributed by atoms with Crippen LogP contribution in [0.2, 0.25) is 0 Å². The van der Waals surface area contributed by atoms with Crippen LogP contribution < -0.4 is 0 Å². The van der Waals surface area contributed by atoms with Gasteiger partial charge in [0.25, 0.3) is 0 Å². The predicted molar refractivity (Wildman–Crippen MR) is 75.4 cm³/mol. The highest BCUT2D eigenvalue weighted by Gasteiger charge is 2.61. The van der Waals surface area contributed by atoms with Gasteiger partial charge in [-0.25, -0.2) is 0 Å². The Morgan fingerprint density at radius 3 is 1.94 bits per heavy atom. The summed E-state index contributed by atoms with van der Waals surface area (Å²) < 4.78 is 5.97. The number of rotatable bonds is 0. The number of ether oxygens (including phenoxy) is 1. The molecule has 0 aromatic heterocycles. The van der Waals surface area contributed by atoms with Crippen LogP contribution >= 0.6 is 0 Å². The third-order valence-electron chi connectivity index (χ3n) is 6.90. The molecule has 0 aromatic rings. The molecule has 0 saturated carbocycles. The highest BCUT2D eigenvalue weighted by atomic mass is 16.6. The van der Waals surface area contributed by atoms with E-state index in [4.69, 9.17) is 4.74 Å². The first kappa shape index (κ1) is 12.7. The van der Waals surface area contributed by atoms with Gasteiger partial charge in [0, 0.05) is 6.42 Å². The van der Waals surface area contributed by atoms with E-state index in [1.54, 1.807) is 11.1 Å². The van der Waals surface area contributed by atoms with E-state index in [1.165, 1.54) is 12.8 Å². The van der Waals surface area contributed by atoms with Crippen LogP contribution in [0.4, 0.5) is 0 Å². The number of hydrogen-bond acceptors (Lipinski definition) is 1. The normalized spacial score (nSPS) is 48.5. The second-order valence-electron chi connectivity index (χ2n) is 8.28. The Balaban J connectivity index is 2.13. The fraction of sp³-hybridized carbons (Fsp3) is 0.882. The van der Waals surface area contributed by atoms with Crippen molar-refractivity contribution in [2.45, 2.75) is 73.0 Å². The maximum Gasteiger partial charge on any atom is 0.0960 e. The molecule has 0 bridgehead atoms. The summed E-state index contributed by atoms with van der Waals surface area (Å²) in [6.07, 6.45) is 2.85. The van der Waals surface area contributed by atoms with Gasteiger partial charge in [0.15, 0.2) is 0 Å². The second kappa shape index (κ2) is 3.23. The molecule has 1 aliphatic heterocycles. The molecule has 4 unspecified atom stereocenters. The predicted octanol–water partition coefficient (Wildman–Crippen LogP) is 4.57. The Morgan fingerprint density at radius 2 is 1.39 bits per heavy atom. The molecule has 102 valence electrons. The number of epoxide rings is 1. The average molecular weight is 248 g/mol. The summed E-state index contributed by atoms with van der Waals surface area (Å²) in [5.74, 6) is 1.49. The topological polar surface area (TPSA) is 12.5 Å². The molecule has 1 heteroatoms. The van der Waals surface area contributed by atoms with E-state index in [2.05, 4.69) is 48.5 Å². The van der Waals surface area contributed by atoms with Crippen molar-refractivity contribution in [1.82, 2.24) is 0 Å². The van der Waals surface area contributed by atoms with Crippen molar-refractivity contribution in [3.63, 3.8) is 0 Å². The van der Waals surface area contributed by atoms with Gasteiger partial charge in [-0.3, -0.25) is 0 Å². The molecule has 1 fully saturated rings. The van der Waals surface area contributed by atoms with Crippen LogP contribution in [0.3, 0.4) is 0 Å². The summed E-state index contributed by atoms with van der Waals surface area (Å²) >= 11 is 0. The van der Waals surface area contributed by atoms with Gasteiger partial charge >= 0.3 is 0 Å². The summed E-state index contributed by atoms with van der Waals surface area (Å²) in [7, 11) is 0. The van der Waals surface area contributed by atoms with Gasteiger partial charge in [0.2, 0.25) is 0 Å². The average Bonchev–Trinajstić information content (AvgIpc) is 2.94. The van der Waals surface area contributed by atoms with E-state index in [0.717, 1.165) is 11.8 Å². The van der Waals surface area contributed by atoms with E-state index >= 15 is 0 Å².